The Morgan fingerprint density at radius 2 is 2.43 bits per heavy atom. The Morgan fingerprint density at radius 1 is 1.57 bits per heavy atom. The first-order chi connectivity index (χ1) is 6.81. The lowest BCUT2D eigenvalue weighted by molar-refractivity contribution is 0.361. The van der Waals surface area contributed by atoms with E-state index >= 15 is 0 Å². The maximum Gasteiger partial charge on any atom is 0.231 e. The Kier molecular flexibility index (Phi) is 2.32. The van der Waals surface area contributed by atoms with E-state index in [1.165, 1.54) is 0 Å². The topological polar surface area (TPSA) is 78.1 Å². The van der Waals surface area contributed by atoms with E-state index < -0.39 is 0 Å². The van der Waals surface area contributed by atoms with Gasteiger partial charge in [-0.1, -0.05) is 12.1 Å². The molecule has 5 heteroatoms. The Hall–Kier alpha value is -1.62. The van der Waals surface area contributed by atoms with E-state index in [1.807, 2.05) is 6.92 Å². The summed E-state index contributed by atoms with van der Waals surface area (Å²) in [6, 6.07) is 1.78. The summed E-state index contributed by atoms with van der Waals surface area (Å²) >= 11 is 0. The minimum atomic E-state index is 0.0863. The highest BCUT2D eigenvalue weighted by molar-refractivity contribution is 5.51. The minimum absolute atomic E-state index is 0.0863. The molecule has 0 aliphatic carbocycles. The van der Waals surface area contributed by atoms with E-state index in [1.54, 1.807) is 18.6 Å². The monoisotopic (exact) mass is 193 g/mol. The van der Waals surface area contributed by atoms with E-state index in [2.05, 4.69) is 10.1 Å². The number of aromatic nitrogens is 2. The van der Waals surface area contributed by atoms with Gasteiger partial charge in [-0.2, -0.15) is 4.98 Å². The van der Waals surface area contributed by atoms with Gasteiger partial charge in [0.25, 0.3) is 0 Å². The maximum atomic E-state index is 5.49. The fourth-order valence-electron chi connectivity index (χ4n) is 1.05. The molecule has 0 aliphatic rings. The zero-order valence-electron chi connectivity index (χ0n) is 7.80. The molecule has 2 rings (SSSR count). The van der Waals surface area contributed by atoms with Gasteiger partial charge in [0.05, 0.1) is 11.8 Å². The summed E-state index contributed by atoms with van der Waals surface area (Å²) in [7, 11) is 0. The lowest BCUT2D eigenvalue weighted by Gasteiger charge is -1.98. The third kappa shape index (κ3) is 1.54. The summed E-state index contributed by atoms with van der Waals surface area (Å²) in [5, 5.41) is 3.83. The number of furan rings is 1. The second-order valence-corrected chi connectivity index (χ2v) is 3.10. The van der Waals surface area contributed by atoms with Crippen molar-refractivity contribution in [3.8, 4) is 11.4 Å². The average molecular weight is 193 g/mol. The van der Waals surface area contributed by atoms with Gasteiger partial charge in [0.2, 0.25) is 11.7 Å². The van der Waals surface area contributed by atoms with E-state index in [0.717, 1.165) is 5.56 Å². The molecule has 0 spiro atoms. The molecule has 0 saturated carbocycles. The van der Waals surface area contributed by atoms with Crippen molar-refractivity contribution < 1.29 is 8.94 Å². The first kappa shape index (κ1) is 8.96. The van der Waals surface area contributed by atoms with Gasteiger partial charge in [-0.25, -0.2) is 0 Å². The maximum absolute atomic E-state index is 5.49. The number of nitrogens with zero attached hydrogens (tertiary/aromatic N) is 2. The van der Waals surface area contributed by atoms with Crippen molar-refractivity contribution in [3.63, 3.8) is 0 Å². The standard InChI is InChI=1S/C9H11N3O2/c1-6(4-10)9-11-8(12-14-9)7-2-3-13-5-7/h2-3,5-6H,4,10H2,1H3. The lowest BCUT2D eigenvalue weighted by atomic mass is 10.2. The SMILES string of the molecule is CC(CN)c1nc(-c2ccoc2)no1. The second-order valence-electron chi connectivity index (χ2n) is 3.10. The van der Waals surface area contributed by atoms with Crippen molar-refractivity contribution in [2.75, 3.05) is 6.54 Å². The number of rotatable bonds is 3. The molecule has 0 bridgehead atoms. The molecular weight excluding hydrogens is 182 g/mol. The summed E-state index contributed by atoms with van der Waals surface area (Å²) in [6.45, 7) is 2.43. The Labute approximate surface area is 80.9 Å². The summed E-state index contributed by atoms with van der Waals surface area (Å²) in [5.74, 6) is 1.18. The second kappa shape index (κ2) is 3.63. The van der Waals surface area contributed by atoms with Crippen LogP contribution in [0.25, 0.3) is 11.4 Å². The third-order valence-corrected chi connectivity index (χ3v) is 2.00. The Bertz CT molecular complexity index is 394. The molecule has 0 aromatic carbocycles. The predicted molar refractivity (Wildman–Crippen MR) is 49.5 cm³/mol. The van der Waals surface area contributed by atoms with Gasteiger partial charge in [-0.3, -0.25) is 0 Å². The lowest BCUT2D eigenvalue weighted by Crippen LogP contribution is -2.08. The molecular formula is C9H11N3O2. The normalized spacial score (nSPS) is 13.0. The van der Waals surface area contributed by atoms with E-state index in [0.29, 0.717) is 18.3 Å². The van der Waals surface area contributed by atoms with Crippen LogP contribution in [0.5, 0.6) is 0 Å². The van der Waals surface area contributed by atoms with Gasteiger partial charge >= 0.3 is 0 Å². The van der Waals surface area contributed by atoms with Crippen LogP contribution in [0.2, 0.25) is 0 Å². The molecule has 0 radical (unpaired) electrons. The summed E-state index contributed by atoms with van der Waals surface area (Å²) in [5.41, 5.74) is 6.30. The highest BCUT2D eigenvalue weighted by Gasteiger charge is 2.13. The first-order valence-corrected chi connectivity index (χ1v) is 4.37. The summed E-state index contributed by atoms with van der Waals surface area (Å²) in [6.07, 6.45) is 3.14. The van der Waals surface area contributed by atoms with Gasteiger partial charge in [0.15, 0.2) is 0 Å². The quantitative estimate of drug-likeness (QED) is 0.796. The molecule has 1 atom stereocenters. The molecule has 0 aliphatic heterocycles. The Balaban J connectivity index is 2.26. The molecule has 2 aromatic rings. The molecule has 5 nitrogen and oxygen atoms in total. The van der Waals surface area contributed by atoms with Crippen LogP contribution in [0.1, 0.15) is 18.7 Å². The van der Waals surface area contributed by atoms with Crippen LogP contribution in [0.15, 0.2) is 27.5 Å². The zero-order chi connectivity index (χ0) is 9.97. The molecule has 0 fully saturated rings. The van der Waals surface area contributed by atoms with E-state index in [-0.39, 0.29) is 5.92 Å². The fourth-order valence-corrected chi connectivity index (χ4v) is 1.05. The van der Waals surface area contributed by atoms with Gasteiger partial charge in [0.1, 0.15) is 6.26 Å². The van der Waals surface area contributed by atoms with Crippen LogP contribution in [0.4, 0.5) is 0 Å². The average Bonchev–Trinajstić information content (AvgIpc) is 2.86. The van der Waals surface area contributed by atoms with Crippen molar-refractivity contribution in [3.05, 3.63) is 24.5 Å². The predicted octanol–water partition coefficient (Wildman–Crippen LogP) is 1.39. The van der Waals surface area contributed by atoms with Crippen LogP contribution in [0, 0.1) is 0 Å². The highest BCUT2D eigenvalue weighted by Crippen LogP contribution is 2.18. The molecule has 74 valence electrons. The van der Waals surface area contributed by atoms with Crippen LogP contribution >= 0.6 is 0 Å². The first-order valence-electron chi connectivity index (χ1n) is 4.37. The van der Waals surface area contributed by atoms with Crippen molar-refractivity contribution >= 4 is 0 Å². The largest absolute Gasteiger partial charge is 0.472 e. The number of hydrogen-bond acceptors (Lipinski definition) is 5. The van der Waals surface area contributed by atoms with Gasteiger partial charge in [-0.05, 0) is 6.07 Å². The van der Waals surface area contributed by atoms with E-state index in [4.69, 9.17) is 14.7 Å². The molecule has 14 heavy (non-hydrogen) atoms. The molecule has 1 unspecified atom stereocenters. The molecule has 0 saturated heterocycles. The molecule has 2 N–H and O–H groups in total. The van der Waals surface area contributed by atoms with Crippen LogP contribution in [-0.4, -0.2) is 16.7 Å². The zero-order valence-corrected chi connectivity index (χ0v) is 7.80. The Morgan fingerprint density at radius 3 is 3.07 bits per heavy atom. The van der Waals surface area contributed by atoms with Crippen LogP contribution in [-0.2, 0) is 0 Å². The minimum Gasteiger partial charge on any atom is -0.472 e. The van der Waals surface area contributed by atoms with Gasteiger partial charge in [0, 0.05) is 12.5 Å². The smallest absolute Gasteiger partial charge is 0.231 e. The van der Waals surface area contributed by atoms with Crippen molar-refractivity contribution in [1.82, 2.24) is 10.1 Å². The molecule has 2 aromatic heterocycles. The van der Waals surface area contributed by atoms with Crippen molar-refractivity contribution in [2.45, 2.75) is 12.8 Å². The van der Waals surface area contributed by atoms with Gasteiger partial charge < -0.3 is 14.7 Å². The van der Waals surface area contributed by atoms with Gasteiger partial charge in [-0.15, -0.1) is 0 Å². The third-order valence-electron chi connectivity index (χ3n) is 2.00. The van der Waals surface area contributed by atoms with Crippen molar-refractivity contribution in [2.24, 2.45) is 5.73 Å². The number of nitrogens with two attached hydrogens (primary N) is 1. The van der Waals surface area contributed by atoms with Crippen LogP contribution in [0.3, 0.4) is 0 Å². The molecule has 2 heterocycles. The summed E-state index contributed by atoms with van der Waals surface area (Å²) < 4.78 is 9.98. The fraction of sp³-hybridized carbons (Fsp3) is 0.333. The van der Waals surface area contributed by atoms with Crippen molar-refractivity contribution in [1.29, 1.82) is 0 Å². The van der Waals surface area contributed by atoms with E-state index in [9.17, 15) is 0 Å². The summed E-state index contributed by atoms with van der Waals surface area (Å²) in [4.78, 5) is 4.21. The molecule has 0 amide bonds. The number of hydrogen-bond donors (Lipinski definition) is 1. The highest BCUT2D eigenvalue weighted by atomic mass is 16.5. The van der Waals surface area contributed by atoms with Crippen LogP contribution < -0.4 is 5.73 Å².